The number of imide groups is 1. The number of carbonyl (C=O) groups is 4. The fourth-order valence-corrected chi connectivity index (χ4v) is 3.74. The SMILES string of the molecule is CC1(C)C(=O)N(c2ccc(OC(F)(F)F)c(NC(=O)C(NCC(F)(F)F)OC(=O)C(F)(F)F)c2)C(=O)N1Cc1ccncc1. The van der Waals surface area contributed by atoms with Crippen molar-refractivity contribution in [2.45, 2.75) is 50.9 Å². The summed E-state index contributed by atoms with van der Waals surface area (Å²) in [5.41, 5.74) is -2.52. The van der Waals surface area contributed by atoms with Crippen LogP contribution < -0.4 is 20.3 Å². The van der Waals surface area contributed by atoms with Gasteiger partial charge in [-0.1, -0.05) is 0 Å². The number of pyridine rings is 1. The van der Waals surface area contributed by atoms with E-state index >= 15 is 0 Å². The Balaban J connectivity index is 1.99. The molecule has 0 spiro atoms. The van der Waals surface area contributed by atoms with Crippen LogP contribution >= 0.6 is 0 Å². The van der Waals surface area contributed by atoms with Gasteiger partial charge in [-0.3, -0.25) is 19.9 Å². The van der Waals surface area contributed by atoms with E-state index in [1.54, 1.807) is 17.4 Å². The molecule has 0 saturated carbocycles. The summed E-state index contributed by atoms with van der Waals surface area (Å²) < 4.78 is 123. The zero-order valence-electron chi connectivity index (χ0n) is 22.2. The van der Waals surface area contributed by atoms with Gasteiger partial charge in [-0.2, -0.15) is 26.3 Å². The van der Waals surface area contributed by atoms with Crippen molar-refractivity contribution in [1.29, 1.82) is 0 Å². The molecule has 1 saturated heterocycles. The number of aromatic nitrogens is 1. The van der Waals surface area contributed by atoms with Crippen LogP contribution in [0.15, 0.2) is 42.7 Å². The average Bonchev–Trinajstić information content (AvgIpc) is 3.05. The van der Waals surface area contributed by atoms with E-state index in [2.05, 4.69) is 14.5 Å². The third kappa shape index (κ3) is 8.26. The number of carbonyl (C=O) groups excluding carboxylic acids is 4. The van der Waals surface area contributed by atoms with Gasteiger partial charge in [0.25, 0.3) is 11.8 Å². The molecule has 0 aliphatic carbocycles. The summed E-state index contributed by atoms with van der Waals surface area (Å²) in [4.78, 5) is 55.9. The van der Waals surface area contributed by atoms with Crippen LogP contribution in [0, 0.1) is 0 Å². The molecule has 1 atom stereocenters. The van der Waals surface area contributed by atoms with Crippen molar-refractivity contribution in [3.63, 3.8) is 0 Å². The molecule has 0 radical (unpaired) electrons. The molecule has 2 heterocycles. The lowest BCUT2D eigenvalue weighted by Gasteiger charge is -2.27. The zero-order valence-corrected chi connectivity index (χ0v) is 22.2. The number of hydrogen-bond donors (Lipinski definition) is 2. The number of urea groups is 1. The Hall–Kier alpha value is -4.62. The second-order valence-corrected chi connectivity index (χ2v) is 9.42. The van der Waals surface area contributed by atoms with Crippen LogP contribution in [0.25, 0.3) is 0 Å². The highest BCUT2D eigenvalue weighted by Gasteiger charge is 2.52. The Morgan fingerprint density at radius 2 is 1.59 bits per heavy atom. The number of esters is 1. The number of ether oxygens (including phenoxy) is 2. The van der Waals surface area contributed by atoms with Crippen molar-refractivity contribution in [1.82, 2.24) is 15.2 Å². The van der Waals surface area contributed by atoms with Gasteiger partial charge in [0.15, 0.2) is 5.75 Å². The van der Waals surface area contributed by atoms with E-state index in [0.717, 1.165) is 11.0 Å². The topological polar surface area (TPSA) is 130 Å². The number of nitrogens with one attached hydrogen (secondary N) is 2. The largest absolute Gasteiger partial charge is 0.573 e. The molecule has 240 valence electrons. The minimum Gasteiger partial charge on any atom is -0.430 e. The highest BCUT2D eigenvalue weighted by molar-refractivity contribution is 6.23. The molecule has 2 aromatic rings. The maximum Gasteiger partial charge on any atom is 0.573 e. The van der Waals surface area contributed by atoms with Crippen LogP contribution in [-0.2, 0) is 25.7 Å². The van der Waals surface area contributed by atoms with Gasteiger partial charge in [-0.05, 0) is 49.7 Å². The summed E-state index contributed by atoms with van der Waals surface area (Å²) in [5, 5.41) is 2.78. The minimum atomic E-state index is -5.77. The van der Waals surface area contributed by atoms with Gasteiger partial charge in [0.05, 0.1) is 17.9 Å². The monoisotopic (exact) mass is 645 g/mol. The summed E-state index contributed by atoms with van der Waals surface area (Å²) in [7, 11) is 0. The molecule has 1 unspecified atom stereocenters. The predicted molar refractivity (Wildman–Crippen MR) is 128 cm³/mol. The number of rotatable bonds is 9. The standard InChI is InChI=1S/C24H20F9N5O6/c1-21(2)18(40)38(20(42)37(21)10-12-5-7-34-8-6-12)13-3-4-15(44-24(31,32)33)14(9-13)36-16(39)17(35-11-22(25,26)27)43-19(41)23(28,29)30/h3-9,17,35H,10-11H2,1-2H3,(H,36,39). The maximum absolute atomic E-state index is 13.3. The molecule has 3 rings (SSSR count). The number of halogens is 9. The van der Waals surface area contributed by atoms with Gasteiger partial charge in [0.1, 0.15) is 5.54 Å². The van der Waals surface area contributed by atoms with Crippen LogP contribution in [0.3, 0.4) is 0 Å². The summed E-state index contributed by atoms with van der Waals surface area (Å²) in [6.07, 6.45) is -16.5. The van der Waals surface area contributed by atoms with Gasteiger partial charge < -0.3 is 19.7 Å². The normalized spacial score (nSPS) is 16.2. The molecule has 1 aromatic carbocycles. The lowest BCUT2D eigenvalue weighted by Crippen LogP contribution is -2.49. The van der Waals surface area contributed by atoms with E-state index in [9.17, 15) is 58.7 Å². The van der Waals surface area contributed by atoms with Crippen LogP contribution in [0.4, 0.5) is 55.7 Å². The summed E-state index contributed by atoms with van der Waals surface area (Å²) in [5.74, 6) is -7.24. The molecule has 44 heavy (non-hydrogen) atoms. The maximum atomic E-state index is 13.3. The van der Waals surface area contributed by atoms with E-state index in [4.69, 9.17) is 0 Å². The van der Waals surface area contributed by atoms with Gasteiger partial charge in [-0.25, -0.2) is 14.5 Å². The first-order chi connectivity index (χ1) is 20.1. The number of alkyl halides is 9. The summed E-state index contributed by atoms with van der Waals surface area (Å²) in [6, 6.07) is 4.03. The Morgan fingerprint density at radius 3 is 2.14 bits per heavy atom. The zero-order chi connectivity index (χ0) is 33.3. The van der Waals surface area contributed by atoms with Gasteiger partial charge in [-0.15, -0.1) is 13.2 Å². The molecular weight excluding hydrogens is 625 g/mol. The number of amides is 4. The Morgan fingerprint density at radius 1 is 0.977 bits per heavy atom. The molecule has 4 amide bonds. The summed E-state index contributed by atoms with van der Waals surface area (Å²) >= 11 is 0. The van der Waals surface area contributed by atoms with Crippen molar-refractivity contribution in [3.05, 3.63) is 48.3 Å². The lowest BCUT2D eigenvalue weighted by atomic mass is 10.0. The van der Waals surface area contributed by atoms with Crippen molar-refractivity contribution in [3.8, 4) is 5.75 Å². The molecule has 2 N–H and O–H groups in total. The van der Waals surface area contributed by atoms with Gasteiger partial charge in [0.2, 0.25) is 6.23 Å². The molecule has 1 aliphatic heterocycles. The Labute approximate surface area is 240 Å². The van der Waals surface area contributed by atoms with Gasteiger partial charge >= 0.3 is 30.7 Å². The van der Waals surface area contributed by atoms with E-state index < -0.39 is 78.0 Å². The van der Waals surface area contributed by atoms with Crippen molar-refractivity contribution >= 4 is 35.2 Å². The Bertz CT molecular complexity index is 1410. The van der Waals surface area contributed by atoms with E-state index in [1.165, 1.54) is 31.6 Å². The summed E-state index contributed by atoms with van der Waals surface area (Å²) in [6.45, 7) is 0.447. The molecule has 1 fully saturated rings. The highest BCUT2D eigenvalue weighted by Crippen LogP contribution is 2.38. The molecule has 20 heteroatoms. The Kier molecular flexibility index (Phi) is 9.37. The fourth-order valence-electron chi connectivity index (χ4n) is 3.74. The molecule has 11 nitrogen and oxygen atoms in total. The van der Waals surface area contributed by atoms with Crippen LogP contribution in [0.1, 0.15) is 19.4 Å². The first-order valence-electron chi connectivity index (χ1n) is 11.9. The van der Waals surface area contributed by atoms with Crippen molar-refractivity contribution < 1.29 is 68.2 Å². The fraction of sp³-hybridized carbons (Fsp3) is 0.375. The van der Waals surface area contributed by atoms with Crippen LogP contribution in [0.5, 0.6) is 5.75 Å². The predicted octanol–water partition coefficient (Wildman–Crippen LogP) is 4.25. The first-order valence-corrected chi connectivity index (χ1v) is 11.9. The van der Waals surface area contributed by atoms with Crippen LogP contribution in [0.2, 0.25) is 0 Å². The van der Waals surface area contributed by atoms with Crippen molar-refractivity contribution in [2.75, 3.05) is 16.8 Å². The van der Waals surface area contributed by atoms with E-state index in [1.807, 2.05) is 0 Å². The average molecular weight is 645 g/mol. The third-order valence-electron chi connectivity index (χ3n) is 5.80. The third-order valence-corrected chi connectivity index (χ3v) is 5.80. The lowest BCUT2D eigenvalue weighted by molar-refractivity contribution is -0.274. The number of nitrogens with zero attached hydrogens (tertiary/aromatic N) is 3. The number of benzene rings is 1. The van der Waals surface area contributed by atoms with E-state index in [0.29, 0.717) is 22.6 Å². The van der Waals surface area contributed by atoms with Gasteiger partial charge in [0, 0.05) is 18.9 Å². The van der Waals surface area contributed by atoms with Crippen LogP contribution in [-0.4, -0.2) is 70.7 Å². The highest BCUT2D eigenvalue weighted by atomic mass is 19.4. The van der Waals surface area contributed by atoms with Crippen molar-refractivity contribution in [2.24, 2.45) is 0 Å². The second-order valence-electron chi connectivity index (χ2n) is 9.42. The minimum absolute atomic E-state index is 0.118. The second kappa shape index (κ2) is 12.2. The first kappa shape index (κ1) is 33.9. The number of hydrogen-bond acceptors (Lipinski definition) is 8. The molecule has 0 bridgehead atoms. The number of anilines is 2. The quantitative estimate of drug-likeness (QED) is 0.179. The molecule has 1 aromatic heterocycles. The smallest absolute Gasteiger partial charge is 0.430 e. The van der Waals surface area contributed by atoms with E-state index in [-0.39, 0.29) is 6.54 Å². The molecular formula is C24H20F9N5O6. The molecule has 1 aliphatic rings.